The van der Waals surface area contributed by atoms with E-state index in [1.807, 2.05) is 0 Å². The van der Waals surface area contributed by atoms with E-state index in [1.54, 1.807) is 18.2 Å². The van der Waals surface area contributed by atoms with Gasteiger partial charge in [-0.1, -0.05) is 12.1 Å². The predicted octanol–water partition coefficient (Wildman–Crippen LogP) is 1.67. The molecule has 0 saturated carbocycles. The number of para-hydroxylation sites is 1. The van der Waals surface area contributed by atoms with Crippen LogP contribution in [0.4, 0.5) is 11.6 Å². The third kappa shape index (κ3) is 2.93. The van der Waals surface area contributed by atoms with E-state index >= 15 is 0 Å². The molecule has 2 aromatic rings. The highest BCUT2D eigenvalue weighted by Crippen LogP contribution is 2.23. The van der Waals surface area contributed by atoms with Crippen molar-refractivity contribution in [1.82, 2.24) is 15.0 Å². The maximum atomic E-state index is 11.6. The number of nitrogens with zero attached hydrogens (tertiary/aromatic N) is 3. The molecule has 0 aliphatic rings. The van der Waals surface area contributed by atoms with Crippen LogP contribution < -0.4 is 5.32 Å². The molecule has 1 heterocycles. The zero-order valence-electron chi connectivity index (χ0n) is 9.33. The summed E-state index contributed by atoms with van der Waals surface area (Å²) in [5, 5.41) is 2.83. The smallest absolute Gasteiger partial charge is 0.231 e. The van der Waals surface area contributed by atoms with E-state index in [2.05, 4.69) is 20.3 Å². The first-order chi connectivity index (χ1) is 8.47. The Kier molecular flexibility index (Phi) is 3.44. The van der Waals surface area contributed by atoms with Crippen molar-refractivity contribution in [3.63, 3.8) is 0 Å². The summed E-state index contributed by atoms with van der Waals surface area (Å²) in [5.74, 6) is 0.186. The molecule has 1 N–H and O–H groups in total. The number of anilines is 2. The molecule has 6 nitrogen and oxygen atoms in total. The van der Waals surface area contributed by atoms with Gasteiger partial charge < -0.3 is 5.32 Å². The van der Waals surface area contributed by atoms with Crippen LogP contribution in [0.1, 0.15) is 0 Å². The molecule has 0 bridgehead atoms. The summed E-state index contributed by atoms with van der Waals surface area (Å²) < 4.78 is 23.2. The second-order valence-electron chi connectivity index (χ2n) is 3.47. The molecule has 94 valence electrons. The number of benzene rings is 1. The van der Waals surface area contributed by atoms with Crippen LogP contribution in [-0.2, 0) is 9.84 Å². The molecule has 1 aromatic heterocycles. The van der Waals surface area contributed by atoms with Crippen molar-refractivity contribution in [2.75, 3.05) is 11.6 Å². The fourth-order valence-electron chi connectivity index (χ4n) is 1.35. The van der Waals surface area contributed by atoms with Gasteiger partial charge in [-0.25, -0.2) is 18.4 Å². The summed E-state index contributed by atoms with van der Waals surface area (Å²) in [5.41, 5.74) is 0.391. The average molecular weight is 285 g/mol. The Bertz CT molecular complexity index is 675. The van der Waals surface area contributed by atoms with Crippen LogP contribution in [0.3, 0.4) is 0 Å². The minimum Gasteiger partial charge on any atom is -0.323 e. The summed E-state index contributed by atoms with van der Waals surface area (Å²) >= 11 is 5.62. The van der Waals surface area contributed by atoms with Crippen LogP contribution in [-0.4, -0.2) is 29.6 Å². The number of nitrogens with one attached hydrogen (secondary N) is 1. The van der Waals surface area contributed by atoms with Crippen molar-refractivity contribution < 1.29 is 8.42 Å². The van der Waals surface area contributed by atoms with Crippen LogP contribution in [0.2, 0.25) is 5.28 Å². The van der Waals surface area contributed by atoms with E-state index in [4.69, 9.17) is 11.6 Å². The SMILES string of the molecule is CS(=O)(=O)c1ccccc1Nc1ncnc(Cl)n1. The van der Waals surface area contributed by atoms with Crippen LogP contribution in [0, 0.1) is 0 Å². The van der Waals surface area contributed by atoms with E-state index in [0.717, 1.165) is 6.26 Å². The summed E-state index contributed by atoms with van der Waals surface area (Å²) in [6.45, 7) is 0. The Labute approximate surface area is 109 Å². The molecular formula is C10H9ClN4O2S. The van der Waals surface area contributed by atoms with Gasteiger partial charge in [-0.3, -0.25) is 0 Å². The lowest BCUT2D eigenvalue weighted by Crippen LogP contribution is -2.04. The van der Waals surface area contributed by atoms with Gasteiger partial charge in [0.25, 0.3) is 0 Å². The number of hydrogen-bond acceptors (Lipinski definition) is 6. The first kappa shape index (κ1) is 12.7. The Hall–Kier alpha value is -1.73. The van der Waals surface area contributed by atoms with E-state index < -0.39 is 9.84 Å². The molecular weight excluding hydrogens is 276 g/mol. The quantitative estimate of drug-likeness (QED) is 0.923. The van der Waals surface area contributed by atoms with Gasteiger partial charge in [-0.15, -0.1) is 0 Å². The summed E-state index contributed by atoms with van der Waals surface area (Å²) in [7, 11) is -3.33. The van der Waals surface area contributed by atoms with Gasteiger partial charge in [0.2, 0.25) is 11.2 Å². The molecule has 8 heteroatoms. The van der Waals surface area contributed by atoms with Gasteiger partial charge >= 0.3 is 0 Å². The van der Waals surface area contributed by atoms with Gasteiger partial charge in [0, 0.05) is 6.26 Å². The van der Waals surface area contributed by atoms with Crippen LogP contribution >= 0.6 is 11.6 Å². The van der Waals surface area contributed by atoms with Crippen molar-refractivity contribution in [2.45, 2.75) is 4.90 Å². The van der Waals surface area contributed by atoms with Crippen molar-refractivity contribution in [3.05, 3.63) is 35.9 Å². The van der Waals surface area contributed by atoms with Crippen molar-refractivity contribution in [2.24, 2.45) is 0 Å². The van der Waals surface area contributed by atoms with Gasteiger partial charge in [0.05, 0.1) is 10.6 Å². The third-order valence-electron chi connectivity index (χ3n) is 2.08. The average Bonchev–Trinajstić information content (AvgIpc) is 2.28. The molecule has 2 rings (SSSR count). The fraction of sp³-hybridized carbons (Fsp3) is 0.100. The third-order valence-corrected chi connectivity index (χ3v) is 3.41. The molecule has 0 radical (unpaired) electrons. The Morgan fingerprint density at radius 1 is 1.22 bits per heavy atom. The minimum absolute atomic E-state index is 0.0318. The van der Waals surface area contributed by atoms with Gasteiger partial charge in [-0.2, -0.15) is 4.98 Å². The fourth-order valence-corrected chi connectivity index (χ4v) is 2.32. The predicted molar refractivity (Wildman–Crippen MR) is 67.7 cm³/mol. The molecule has 1 aromatic carbocycles. The van der Waals surface area contributed by atoms with E-state index in [-0.39, 0.29) is 16.1 Å². The first-order valence-corrected chi connectivity index (χ1v) is 7.14. The summed E-state index contributed by atoms with van der Waals surface area (Å²) in [6.07, 6.45) is 2.37. The highest BCUT2D eigenvalue weighted by molar-refractivity contribution is 7.90. The Morgan fingerprint density at radius 3 is 2.61 bits per heavy atom. The number of hydrogen-bond donors (Lipinski definition) is 1. The molecule has 0 aliphatic heterocycles. The van der Waals surface area contributed by atoms with E-state index in [1.165, 1.54) is 12.4 Å². The molecule has 0 amide bonds. The molecule has 18 heavy (non-hydrogen) atoms. The molecule has 0 fully saturated rings. The Balaban J connectivity index is 2.41. The molecule has 0 atom stereocenters. The van der Waals surface area contributed by atoms with Crippen molar-refractivity contribution in [3.8, 4) is 0 Å². The monoisotopic (exact) mass is 284 g/mol. The first-order valence-electron chi connectivity index (χ1n) is 4.87. The van der Waals surface area contributed by atoms with Gasteiger partial charge in [0.15, 0.2) is 9.84 Å². The van der Waals surface area contributed by atoms with Gasteiger partial charge in [-0.05, 0) is 23.7 Å². The zero-order valence-corrected chi connectivity index (χ0v) is 10.9. The second kappa shape index (κ2) is 4.87. The number of aromatic nitrogens is 3. The second-order valence-corrected chi connectivity index (χ2v) is 5.79. The maximum absolute atomic E-state index is 11.6. The lowest BCUT2D eigenvalue weighted by molar-refractivity contribution is 0.602. The molecule has 0 unspecified atom stereocenters. The molecule has 0 spiro atoms. The van der Waals surface area contributed by atoms with E-state index in [0.29, 0.717) is 5.69 Å². The number of halogens is 1. The Morgan fingerprint density at radius 2 is 1.94 bits per heavy atom. The highest BCUT2D eigenvalue weighted by atomic mass is 35.5. The summed E-state index contributed by atoms with van der Waals surface area (Å²) in [6, 6.07) is 6.47. The summed E-state index contributed by atoms with van der Waals surface area (Å²) in [4.78, 5) is 11.5. The normalized spacial score (nSPS) is 11.2. The molecule has 0 aliphatic carbocycles. The minimum atomic E-state index is -3.33. The number of sulfone groups is 1. The largest absolute Gasteiger partial charge is 0.323 e. The van der Waals surface area contributed by atoms with Crippen LogP contribution in [0.5, 0.6) is 0 Å². The van der Waals surface area contributed by atoms with Crippen LogP contribution in [0.15, 0.2) is 35.5 Å². The standard InChI is InChI=1S/C10H9ClN4O2S/c1-18(16,17)8-5-3-2-4-7(8)14-10-13-6-12-9(11)15-10/h2-6H,1H3,(H,12,13,14,15). The lowest BCUT2D eigenvalue weighted by Gasteiger charge is -2.08. The van der Waals surface area contributed by atoms with Gasteiger partial charge in [0.1, 0.15) is 6.33 Å². The highest BCUT2D eigenvalue weighted by Gasteiger charge is 2.13. The lowest BCUT2D eigenvalue weighted by atomic mass is 10.3. The van der Waals surface area contributed by atoms with Crippen molar-refractivity contribution in [1.29, 1.82) is 0 Å². The maximum Gasteiger partial charge on any atom is 0.231 e. The zero-order chi connectivity index (χ0) is 13.2. The van der Waals surface area contributed by atoms with Crippen LogP contribution in [0.25, 0.3) is 0 Å². The number of rotatable bonds is 3. The van der Waals surface area contributed by atoms with Crippen molar-refractivity contribution >= 4 is 33.1 Å². The van der Waals surface area contributed by atoms with E-state index in [9.17, 15) is 8.42 Å². The molecule has 0 saturated heterocycles. The topological polar surface area (TPSA) is 84.8 Å².